The molecule has 0 N–H and O–H groups in total. The van der Waals surface area contributed by atoms with Gasteiger partial charge >= 0.3 is 0 Å². The van der Waals surface area contributed by atoms with Crippen LogP contribution in [0.2, 0.25) is 0 Å². The molecule has 13 heavy (non-hydrogen) atoms. The van der Waals surface area contributed by atoms with Gasteiger partial charge in [-0.1, -0.05) is 18.2 Å². The maximum absolute atomic E-state index is 4.05. The number of rotatable bonds is 4. The van der Waals surface area contributed by atoms with Crippen molar-refractivity contribution in [3.8, 4) is 0 Å². The smallest absolute Gasteiger partial charge is 0.0208 e. The lowest BCUT2D eigenvalue weighted by Crippen LogP contribution is -2.14. The van der Waals surface area contributed by atoms with E-state index in [1.807, 2.05) is 6.08 Å². The Morgan fingerprint density at radius 2 is 1.92 bits per heavy atom. The van der Waals surface area contributed by atoms with Crippen molar-refractivity contribution >= 4 is 0 Å². The third kappa shape index (κ3) is 3.38. The molecule has 1 fully saturated rings. The van der Waals surface area contributed by atoms with E-state index < -0.39 is 0 Å². The van der Waals surface area contributed by atoms with Gasteiger partial charge in [0.15, 0.2) is 0 Å². The molecule has 0 radical (unpaired) electrons. The van der Waals surface area contributed by atoms with Gasteiger partial charge in [0.05, 0.1) is 0 Å². The van der Waals surface area contributed by atoms with Gasteiger partial charge < -0.3 is 0 Å². The molecule has 1 rings (SSSR count). The predicted octanol–water partition coefficient (Wildman–Crippen LogP) is 4.34. The average Bonchev–Trinajstić information content (AvgIpc) is 2.15. The van der Waals surface area contributed by atoms with Gasteiger partial charge in [-0.2, -0.15) is 0 Å². The molecule has 0 aromatic carbocycles. The van der Waals surface area contributed by atoms with Gasteiger partial charge in [0.2, 0.25) is 0 Å². The summed E-state index contributed by atoms with van der Waals surface area (Å²) in [6, 6.07) is 0. The molecule has 74 valence electrons. The summed E-state index contributed by atoms with van der Waals surface area (Å²) in [5.41, 5.74) is 1.39. The highest BCUT2D eigenvalue weighted by Crippen LogP contribution is 2.34. The minimum Gasteiger partial charge on any atom is -0.103 e. The summed E-state index contributed by atoms with van der Waals surface area (Å²) in [5, 5.41) is 0. The third-order valence-corrected chi connectivity index (χ3v) is 3.32. The van der Waals surface area contributed by atoms with Crippen LogP contribution in [0.4, 0.5) is 0 Å². The van der Waals surface area contributed by atoms with Crippen LogP contribution < -0.4 is 0 Å². The average molecular weight is 178 g/mol. The Labute approximate surface area is 82.7 Å². The maximum Gasteiger partial charge on any atom is -0.0208 e. The van der Waals surface area contributed by atoms with Crippen molar-refractivity contribution in [1.82, 2.24) is 0 Å². The first kappa shape index (κ1) is 10.6. The monoisotopic (exact) mass is 178 g/mol. The molecular formula is C13H22. The Balaban J connectivity index is 2.22. The minimum absolute atomic E-state index is 0.819. The first-order chi connectivity index (χ1) is 6.24. The Kier molecular flexibility index (Phi) is 4.27. The van der Waals surface area contributed by atoms with Crippen molar-refractivity contribution in [1.29, 1.82) is 0 Å². The Morgan fingerprint density at radius 1 is 1.31 bits per heavy atom. The van der Waals surface area contributed by atoms with E-state index in [-0.39, 0.29) is 0 Å². The zero-order valence-electron chi connectivity index (χ0n) is 8.89. The van der Waals surface area contributed by atoms with E-state index in [9.17, 15) is 0 Å². The first-order valence-corrected chi connectivity index (χ1v) is 5.50. The van der Waals surface area contributed by atoms with Gasteiger partial charge in [-0.15, -0.1) is 6.58 Å². The summed E-state index contributed by atoms with van der Waals surface area (Å²) in [4.78, 5) is 0. The van der Waals surface area contributed by atoms with E-state index in [2.05, 4.69) is 20.1 Å². The van der Waals surface area contributed by atoms with Gasteiger partial charge in [-0.3, -0.25) is 0 Å². The van der Waals surface area contributed by atoms with Gasteiger partial charge in [0.25, 0.3) is 0 Å². The molecule has 0 saturated heterocycles. The summed E-state index contributed by atoms with van der Waals surface area (Å²) in [7, 11) is 0. The lowest BCUT2D eigenvalue weighted by Gasteiger charge is -2.28. The van der Waals surface area contributed by atoms with Crippen molar-refractivity contribution in [2.45, 2.75) is 45.4 Å². The van der Waals surface area contributed by atoms with Crippen LogP contribution in [-0.4, -0.2) is 0 Å². The zero-order valence-corrected chi connectivity index (χ0v) is 8.89. The summed E-state index contributed by atoms with van der Waals surface area (Å²) >= 11 is 0. The lowest BCUT2D eigenvalue weighted by atomic mass is 9.78. The van der Waals surface area contributed by atoms with E-state index in [4.69, 9.17) is 0 Å². The molecule has 0 nitrogen and oxygen atoms in total. The molecule has 0 bridgehead atoms. The molecule has 0 aromatic heterocycles. The molecule has 0 heteroatoms. The maximum atomic E-state index is 4.05. The van der Waals surface area contributed by atoms with Crippen LogP contribution in [0.3, 0.4) is 0 Å². The Morgan fingerprint density at radius 3 is 2.38 bits per heavy atom. The van der Waals surface area contributed by atoms with E-state index in [1.54, 1.807) is 0 Å². The second kappa shape index (κ2) is 5.26. The van der Waals surface area contributed by atoms with E-state index in [1.165, 1.54) is 44.1 Å². The fraction of sp³-hybridized carbons (Fsp3) is 0.692. The van der Waals surface area contributed by atoms with Crippen LogP contribution in [0.1, 0.15) is 45.4 Å². The van der Waals surface area contributed by atoms with E-state index in [0.29, 0.717) is 0 Å². The molecule has 0 heterocycles. The second-order valence-corrected chi connectivity index (χ2v) is 4.43. The van der Waals surface area contributed by atoms with Crippen molar-refractivity contribution in [3.05, 3.63) is 24.8 Å². The molecule has 0 atom stereocenters. The molecule has 0 spiro atoms. The molecule has 0 unspecified atom stereocenters. The SMILES string of the molecule is C=CCCC1CCC(C(=C)C)CC1. The van der Waals surface area contributed by atoms with Gasteiger partial charge in [0, 0.05) is 0 Å². The highest BCUT2D eigenvalue weighted by Gasteiger charge is 2.20. The molecular weight excluding hydrogens is 156 g/mol. The van der Waals surface area contributed by atoms with Gasteiger partial charge in [-0.05, 0) is 57.3 Å². The number of allylic oxidation sites excluding steroid dienone is 2. The fourth-order valence-electron chi connectivity index (χ4n) is 2.30. The quantitative estimate of drug-likeness (QED) is 0.562. The van der Waals surface area contributed by atoms with Gasteiger partial charge in [0.1, 0.15) is 0 Å². The van der Waals surface area contributed by atoms with E-state index >= 15 is 0 Å². The highest BCUT2D eigenvalue weighted by molar-refractivity contribution is 4.97. The topological polar surface area (TPSA) is 0 Å². The van der Waals surface area contributed by atoms with Crippen LogP contribution in [0.5, 0.6) is 0 Å². The molecule has 0 amide bonds. The van der Waals surface area contributed by atoms with Gasteiger partial charge in [-0.25, -0.2) is 0 Å². The summed E-state index contributed by atoms with van der Waals surface area (Å²) in [6.45, 7) is 10.00. The number of hydrogen-bond donors (Lipinski definition) is 0. The van der Waals surface area contributed by atoms with Crippen LogP contribution in [0, 0.1) is 11.8 Å². The third-order valence-electron chi connectivity index (χ3n) is 3.32. The molecule has 0 aromatic rings. The van der Waals surface area contributed by atoms with Crippen molar-refractivity contribution < 1.29 is 0 Å². The molecule has 1 saturated carbocycles. The predicted molar refractivity (Wildman–Crippen MR) is 59.7 cm³/mol. The Bertz CT molecular complexity index is 170. The van der Waals surface area contributed by atoms with Crippen molar-refractivity contribution in [2.75, 3.05) is 0 Å². The van der Waals surface area contributed by atoms with Crippen LogP contribution in [-0.2, 0) is 0 Å². The Hall–Kier alpha value is -0.520. The summed E-state index contributed by atoms with van der Waals surface area (Å²) < 4.78 is 0. The normalized spacial score (nSPS) is 28.4. The molecule has 0 aliphatic heterocycles. The first-order valence-electron chi connectivity index (χ1n) is 5.50. The van der Waals surface area contributed by atoms with Crippen LogP contribution in [0.15, 0.2) is 24.8 Å². The molecule has 1 aliphatic rings. The largest absolute Gasteiger partial charge is 0.103 e. The summed E-state index contributed by atoms with van der Waals surface area (Å²) in [6.07, 6.45) is 10.2. The standard InChI is InChI=1S/C13H22/c1-4-5-6-12-7-9-13(10-8-12)11(2)3/h4,12-13H,1-2,5-10H2,3H3. The fourth-order valence-corrected chi connectivity index (χ4v) is 2.30. The molecule has 1 aliphatic carbocycles. The van der Waals surface area contributed by atoms with E-state index in [0.717, 1.165) is 11.8 Å². The number of hydrogen-bond acceptors (Lipinski definition) is 0. The second-order valence-electron chi connectivity index (χ2n) is 4.43. The van der Waals surface area contributed by atoms with Crippen LogP contribution in [0.25, 0.3) is 0 Å². The minimum atomic E-state index is 0.819. The lowest BCUT2D eigenvalue weighted by molar-refractivity contribution is 0.289. The van der Waals surface area contributed by atoms with Crippen molar-refractivity contribution in [3.63, 3.8) is 0 Å². The van der Waals surface area contributed by atoms with Crippen LogP contribution >= 0.6 is 0 Å². The summed E-state index contributed by atoms with van der Waals surface area (Å²) in [5.74, 6) is 1.79. The zero-order chi connectivity index (χ0) is 9.68. The van der Waals surface area contributed by atoms with Crippen molar-refractivity contribution in [2.24, 2.45) is 11.8 Å². The highest BCUT2D eigenvalue weighted by atomic mass is 14.3.